The summed E-state index contributed by atoms with van der Waals surface area (Å²) >= 11 is 0. The Kier molecular flexibility index (Phi) is 3.15. The average Bonchev–Trinajstić information content (AvgIpc) is 2.28. The zero-order chi connectivity index (χ0) is 11.5. The van der Waals surface area contributed by atoms with Gasteiger partial charge in [-0.05, 0) is 55.6 Å². The SMILES string of the molecule is Cc1ccnc2c(F)cc(CCCN)cc12. The van der Waals surface area contributed by atoms with Gasteiger partial charge in [-0.3, -0.25) is 4.98 Å². The molecule has 0 aliphatic rings. The Hall–Kier alpha value is -1.48. The van der Waals surface area contributed by atoms with Crippen molar-refractivity contribution in [3.8, 4) is 0 Å². The lowest BCUT2D eigenvalue weighted by Gasteiger charge is -2.06. The molecule has 1 aromatic carbocycles. The first kappa shape index (κ1) is 11.0. The number of aryl methyl sites for hydroxylation is 2. The van der Waals surface area contributed by atoms with E-state index in [-0.39, 0.29) is 5.82 Å². The van der Waals surface area contributed by atoms with E-state index in [9.17, 15) is 4.39 Å². The maximum atomic E-state index is 13.8. The van der Waals surface area contributed by atoms with Gasteiger partial charge in [0.05, 0.1) is 0 Å². The number of hydrogen-bond donors (Lipinski definition) is 1. The predicted molar refractivity (Wildman–Crippen MR) is 63.8 cm³/mol. The van der Waals surface area contributed by atoms with Crippen LogP contribution in [-0.2, 0) is 6.42 Å². The van der Waals surface area contributed by atoms with Gasteiger partial charge >= 0.3 is 0 Å². The Morgan fingerprint density at radius 2 is 2.19 bits per heavy atom. The fourth-order valence-electron chi connectivity index (χ4n) is 1.85. The molecule has 0 fully saturated rings. The number of pyridine rings is 1. The number of hydrogen-bond acceptors (Lipinski definition) is 2. The molecule has 0 unspecified atom stereocenters. The Bertz CT molecular complexity index is 509. The second-order valence-electron chi connectivity index (χ2n) is 3.99. The summed E-state index contributed by atoms with van der Waals surface area (Å²) in [7, 11) is 0. The number of nitrogens with two attached hydrogens (primary N) is 1. The van der Waals surface area contributed by atoms with E-state index in [2.05, 4.69) is 4.98 Å². The van der Waals surface area contributed by atoms with Crippen molar-refractivity contribution < 1.29 is 4.39 Å². The van der Waals surface area contributed by atoms with E-state index in [1.165, 1.54) is 0 Å². The molecule has 1 heterocycles. The van der Waals surface area contributed by atoms with Crippen molar-refractivity contribution in [3.05, 3.63) is 41.3 Å². The molecule has 2 rings (SSSR count). The first-order valence-electron chi connectivity index (χ1n) is 5.46. The summed E-state index contributed by atoms with van der Waals surface area (Å²) < 4.78 is 13.8. The molecule has 84 valence electrons. The topological polar surface area (TPSA) is 38.9 Å². The molecule has 0 aliphatic heterocycles. The Morgan fingerprint density at radius 1 is 1.38 bits per heavy atom. The zero-order valence-electron chi connectivity index (χ0n) is 9.33. The lowest BCUT2D eigenvalue weighted by molar-refractivity contribution is 0.633. The van der Waals surface area contributed by atoms with E-state index in [0.717, 1.165) is 29.4 Å². The third-order valence-electron chi connectivity index (χ3n) is 2.75. The first-order valence-corrected chi connectivity index (χ1v) is 5.46. The van der Waals surface area contributed by atoms with Gasteiger partial charge < -0.3 is 5.73 Å². The fraction of sp³-hybridized carbons (Fsp3) is 0.308. The highest BCUT2D eigenvalue weighted by Crippen LogP contribution is 2.21. The molecule has 0 saturated carbocycles. The van der Waals surface area contributed by atoms with Gasteiger partial charge in [-0.1, -0.05) is 0 Å². The van der Waals surface area contributed by atoms with Crippen LogP contribution < -0.4 is 5.73 Å². The highest BCUT2D eigenvalue weighted by molar-refractivity contribution is 5.83. The van der Waals surface area contributed by atoms with Crippen LogP contribution in [0.1, 0.15) is 17.5 Å². The molecule has 2 nitrogen and oxygen atoms in total. The van der Waals surface area contributed by atoms with Gasteiger partial charge in [0.25, 0.3) is 0 Å². The maximum Gasteiger partial charge on any atom is 0.149 e. The van der Waals surface area contributed by atoms with Gasteiger partial charge in [-0.25, -0.2) is 4.39 Å². The quantitative estimate of drug-likeness (QED) is 0.860. The molecule has 0 spiro atoms. The second kappa shape index (κ2) is 4.58. The van der Waals surface area contributed by atoms with Crippen molar-refractivity contribution in [1.29, 1.82) is 0 Å². The van der Waals surface area contributed by atoms with Crippen molar-refractivity contribution in [1.82, 2.24) is 4.98 Å². The van der Waals surface area contributed by atoms with E-state index in [1.807, 2.05) is 19.1 Å². The fourth-order valence-corrected chi connectivity index (χ4v) is 1.85. The molecule has 0 amide bonds. The Balaban J connectivity index is 2.52. The molecule has 0 saturated heterocycles. The van der Waals surface area contributed by atoms with E-state index in [0.29, 0.717) is 12.1 Å². The lowest BCUT2D eigenvalue weighted by atomic mass is 10.0. The normalized spacial score (nSPS) is 10.9. The molecule has 0 aliphatic carbocycles. The molecule has 0 bridgehead atoms. The van der Waals surface area contributed by atoms with Crippen LogP contribution in [0, 0.1) is 12.7 Å². The van der Waals surface area contributed by atoms with Crippen LogP contribution >= 0.6 is 0 Å². The third-order valence-corrected chi connectivity index (χ3v) is 2.75. The molecule has 2 N–H and O–H groups in total. The summed E-state index contributed by atoms with van der Waals surface area (Å²) in [5.41, 5.74) is 7.95. The highest BCUT2D eigenvalue weighted by atomic mass is 19.1. The molecule has 16 heavy (non-hydrogen) atoms. The predicted octanol–water partition coefficient (Wildman–Crippen LogP) is 2.57. The minimum absolute atomic E-state index is 0.242. The zero-order valence-corrected chi connectivity index (χ0v) is 9.33. The van der Waals surface area contributed by atoms with Crippen molar-refractivity contribution in [2.75, 3.05) is 6.54 Å². The monoisotopic (exact) mass is 218 g/mol. The van der Waals surface area contributed by atoms with Crippen LogP contribution in [0.2, 0.25) is 0 Å². The van der Waals surface area contributed by atoms with Gasteiger partial charge in [-0.2, -0.15) is 0 Å². The van der Waals surface area contributed by atoms with Crippen LogP contribution in [0.25, 0.3) is 10.9 Å². The van der Waals surface area contributed by atoms with Gasteiger partial charge in [0.15, 0.2) is 0 Å². The number of fused-ring (bicyclic) bond motifs is 1. The Labute approximate surface area is 94.3 Å². The standard InChI is InChI=1S/C13H15FN2/c1-9-4-6-16-13-11(9)7-10(3-2-5-15)8-12(13)14/h4,6-8H,2-3,5,15H2,1H3. The van der Waals surface area contributed by atoms with Crippen LogP contribution in [0.5, 0.6) is 0 Å². The minimum Gasteiger partial charge on any atom is -0.330 e. The summed E-state index contributed by atoms with van der Waals surface area (Å²) in [5.74, 6) is -0.242. The second-order valence-corrected chi connectivity index (χ2v) is 3.99. The van der Waals surface area contributed by atoms with Crippen LogP contribution in [0.4, 0.5) is 4.39 Å². The van der Waals surface area contributed by atoms with Gasteiger partial charge in [0.1, 0.15) is 11.3 Å². The summed E-state index contributed by atoms with van der Waals surface area (Å²) in [6, 6.07) is 5.47. The molecule has 3 heteroatoms. The maximum absolute atomic E-state index is 13.8. The Morgan fingerprint density at radius 3 is 2.94 bits per heavy atom. The summed E-state index contributed by atoms with van der Waals surface area (Å²) in [6.07, 6.45) is 3.34. The van der Waals surface area contributed by atoms with E-state index < -0.39 is 0 Å². The van der Waals surface area contributed by atoms with Crippen LogP contribution in [0.3, 0.4) is 0 Å². The number of benzene rings is 1. The van der Waals surface area contributed by atoms with E-state index >= 15 is 0 Å². The highest BCUT2D eigenvalue weighted by Gasteiger charge is 2.06. The minimum atomic E-state index is -0.242. The third kappa shape index (κ3) is 2.04. The van der Waals surface area contributed by atoms with Gasteiger partial charge in [0.2, 0.25) is 0 Å². The molecular formula is C13H15FN2. The number of nitrogens with zero attached hydrogens (tertiary/aromatic N) is 1. The van der Waals surface area contributed by atoms with Crippen LogP contribution in [-0.4, -0.2) is 11.5 Å². The molecule has 0 radical (unpaired) electrons. The van der Waals surface area contributed by atoms with Crippen molar-refractivity contribution in [3.63, 3.8) is 0 Å². The smallest absolute Gasteiger partial charge is 0.149 e. The van der Waals surface area contributed by atoms with Gasteiger partial charge in [-0.15, -0.1) is 0 Å². The van der Waals surface area contributed by atoms with Crippen molar-refractivity contribution >= 4 is 10.9 Å². The van der Waals surface area contributed by atoms with Crippen molar-refractivity contribution in [2.24, 2.45) is 5.73 Å². The van der Waals surface area contributed by atoms with E-state index in [1.54, 1.807) is 12.3 Å². The number of halogens is 1. The largest absolute Gasteiger partial charge is 0.330 e. The van der Waals surface area contributed by atoms with E-state index in [4.69, 9.17) is 5.73 Å². The molecule has 1 aromatic heterocycles. The average molecular weight is 218 g/mol. The lowest BCUT2D eigenvalue weighted by Crippen LogP contribution is -2.01. The van der Waals surface area contributed by atoms with Crippen LogP contribution in [0.15, 0.2) is 24.4 Å². The summed E-state index contributed by atoms with van der Waals surface area (Å²) in [6.45, 7) is 2.60. The van der Waals surface area contributed by atoms with Crippen molar-refractivity contribution in [2.45, 2.75) is 19.8 Å². The summed E-state index contributed by atoms with van der Waals surface area (Å²) in [5, 5.41) is 0.898. The molecule has 0 atom stereocenters. The molecule has 2 aromatic rings. The summed E-state index contributed by atoms with van der Waals surface area (Å²) in [4.78, 5) is 4.06. The number of rotatable bonds is 3. The first-order chi connectivity index (χ1) is 7.72. The van der Waals surface area contributed by atoms with Gasteiger partial charge in [0, 0.05) is 11.6 Å². The number of aromatic nitrogens is 1. The molecular weight excluding hydrogens is 203 g/mol.